The van der Waals surface area contributed by atoms with Gasteiger partial charge in [-0.2, -0.15) is 0 Å². The van der Waals surface area contributed by atoms with E-state index in [-0.39, 0.29) is 23.8 Å². The monoisotopic (exact) mass is 271 g/mol. The minimum absolute atomic E-state index is 0.0534. The number of carbonyl (C=O) groups excluding carboxylic acids is 2. The first-order valence-corrected chi connectivity index (χ1v) is 6.41. The van der Waals surface area contributed by atoms with Crippen LogP contribution in [0.5, 0.6) is 0 Å². The molecule has 1 N–H and O–H groups in total. The first-order chi connectivity index (χ1) is 9.69. The van der Waals surface area contributed by atoms with E-state index in [1.54, 1.807) is 18.2 Å². The predicted molar refractivity (Wildman–Crippen MR) is 73.5 cm³/mol. The Kier molecular flexibility index (Phi) is 3.06. The molecule has 1 saturated carbocycles. The number of hydrogen-bond acceptors (Lipinski definition) is 4. The molecular weight excluding hydrogens is 258 g/mol. The summed E-state index contributed by atoms with van der Waals surface area (Å²) in [6.07, 6.45) is 3.77. The van der Waals surface area contributed by atoms with Crippen molar-refractivity contribution in [3.8, 4) is 0 Å². The van der Waals surface area contributed by atoms with Crippen molar-refractivity contribution in [2.45, 2.75) is 12.8 Å². The van der Waals surface area contributed by atoms with Crippen LogP contribution in [0.1, 0.15) is 12.8 Å². The molecule has 1 amide bonds. The molecule has 20 heavy (non-hydrogen) atoms. The minimum Gasteiger partial charge on any atom is -0.313 e. The molecule has 1 aromatic heterocycles. The molecule has 1 aliphatic rings. The van der Waals surface area contributed by atoms with Crippen LogP contribution in [0.25, 0.3) is 10.9 Å². The van der Waals surface area contributed by atoms with Crippen molar-refractivity contribution < 1.29 is 9.59 Å². The molecule has 0 spiro atoms. The summed E-state index contributed by atoms with van der Waals surface area (Å²) in [5, 5.41) is 0.399. The Balaban J connectivity index is 1.94. The number of amides is 1. The molecule has 0 radical (unpaired) electrons. The zero-order valence-electron chi connectivity index (χ0n) is 10.7. The fraction of sp³-hybridized carbons (Fsp3) is 0.286. The standard InChI is InChI=1S/C14H13N3O3/c18-8-17(6-13(19)9-1-2-9)10-3-4-12-11(5-10)14(20)16-7-15-12/h3-5,7-9H,1-2,6H2,(H,15,16,20). The second-order valence-electron chi connectivity index (χ2n) is 4.91. The third-order valence-corrected chi connectivity index (χ3v) is 3.44. The summed E-state index contributed by atoms with van der Waals surface area (Å²) in [5.41, 5.74) is 0.813. The lowest BCUT2D eigenvalue weighted by Crippen LogP contribution is -2.29. The molecule has 3 rings (SSSR count). The number of aromatic amines is 1. The molecule has 0 saturated heterocycles. The first kappa shape index (κ1) is 12.5. The van der Waals surface area contributed by atoms with Crippen molar-refractivity contribution >= 4 is 28.8 Å². The molecule has 0 atom stereocenters. The van der Waals surface area contributed by atoms with E-state index < -0.39 is 0 Å². The maximum absolute atomic E-state index is 11.8. The number of H-pyrrole nitrogens is 1. The number of benzene rings is 1. The largest absolute Gasteiger partial charge is 0.313 e. The highest BCUT2D eigenvalue weighted by atomic mass is 16.1. The number of Topliss-reactive ketones (excluding diaryl/α,β-unsaturated/α-hetero) is 1. The Bertz CT molecular complexity index is 734. The Morgan fingerprint density at radius 3 is 2.95 bits per heavy atom. The van der Waals surface area contributed by atoms with Crippen molar-refractivity contribution in [1.82, 2.24) is 9.97 Å². The number of carbonyl (C=O) groups is 2. The van der Waals surface area contributed by atoms with E-state index >= 15 is 0 Å². The van der Waals surface area contributed by atoms with E-state index in [1.807, 2.05) is 0 Å². The highest BCUT2D eigenvalue weighted by molar-refractivity contribution is 5.94. The van der Waals surface area contributed by atoms with Crippen LogP contribution in [0.2, 0.25) is 0 Å². The molecule has 0 bridgehead atoms. The Hall–Kier alpha value is -2.50. The summed E-state index contributed by atoms with van der Waals surface area (Å²) in [6, 6.07) is 4.93. The van der Waals surface area contributed by atoms with Gasteiger partial charge in [0.2, 0.25) is 6.41 Å². The van der Waals surface area contributed by atoms with E-state index in [0.29, 0.717) is 23.0 Å². The number of hydrogen-bond donors (Lipinski definition) is 1. The highest BCUT2D eigenvalue weighted by Crippen LogP contribution is 2.30. The number of nitrogens with zero attached hydrogens (tertiary/aromatic N) is 2. The Labute approximate surface area is 114 Å². The van der Waals surface area contributed by atoms with Gasteiger partial charge in [-0.05, 0) is 31.0 Å². The molecule has 0 unspecified atom stereocenters. The summed E-state index contributed by atoms with van der Waals surface area (Å²) in [7, 11) is 0. The lowest BCUT2D eigenvalue weighted by Gasteiger charge is -2.16. The SMILES string of the molecule is O=CN(CC(=O)C1CC1)c1ccc2nc[nH]c(=O)c2c1. The molecule has 6 nitrogen and oxygen atoms in total. The van der Waals surface area contributed by atoms with E-state index in [0.717, 1.165) is 12.8 Å². The number of aromatic nitrogens is 2. The first-order valence-electron chi connectivity index (χ1n) is 6.41. The van der Waals surface area contributed by atoms with E-state index in [4.69, 9.17) is 0 Å². The third kappa shape index (κ3) is 2.32. The smallest absolute Gasteiger partial charge is 0.258 e. The number of fused-ring (bicyclic) bond motifs is 1. The topological polar surface area (TPSA) is 83.1 Å². The normalized spacial score (nSPS) is 14.2. The molecule has 0 aliphatic heterocycles. The quantitative estimate of drug-likeness (QED) is 0.818. The van der Waals surface area contributed by atoms with Gasteiger partial charge in [0.15, 0.2) is 5.78 Å². The van der Waals surface area contributed by atoms with Gasteiger partial charge in [0.05, 0.1) is 23.8 Å². The fourth-order valence-corrected chi connectivity index (χ4v) is 2.13. The van der Waals surface area contributed by atoms with Crippen molar-refractivity contribution in [2.24, 2.45) is 5.92 Å². The van der Waals surface area contributed by atoms with Crippen LogP contribution in [-0.2, 0) is 9.59 Å². The van der Waals surface area contributed by atoms with Gasteiger partial charge in [0, 0.05) is 11.6 Å². The summed E-state index contributed by atoms with van der Waals surface area (Å²) in [6.45, 7) is 0.0534. The average Bonchev–Trinajstić information content (AvgIpc) is 3.29. The lowest BCUT2D eigenvalue weighted by molar-refractivity contribution is -0.120. The molecule has 1 aromatic carbocycles. The van der Waals surface area contributed by atoms with Gasteiger partial charge in [0.1, 0.15) is 0 Å². The van der Waals surface area contributed by atoms with Crippen LogP contribution >= 0.6 is 0 Å². The zero-order valence-corrected chi connectivity index (χ0v) is 10.7. The van der Waals surface area contributed by atoms with Gasteiger partial charge in [0.25, 0.3) is 5.56 Å². The molecule has 2 aromatic rings. The van der Waals surface area contributed by atoms with Gasteiger partial charge in [-0.25, -0.2) is 4.98 Å². The number of nitrogens with one attached hydrogen (secondary N) is 1. The van der Waals surface area contributed by atoms with Crippen LogP contribution < -0.4 is 10.5 Å². The van der Waals surface area contributed by atoms with Gasteiger partial charge < -0.3 is 9.88 Å². The zero-order chi connectivity index (χ0) is 14.1. The average molecular weight is 271 g/mol. The van der Waals surface area contributed by atoms with E-state index in [2.05, 4.69) is 9.97 Å². The van der Waals surface area contributed by atoms with Gasteiger partial charge in [-0.15, -0.1) is 0 Å². The summed E-state index contributed by atoms with van der Waals surface area (Å²) < 4.78 is 0. The third-order valence-electron chi connectivity index (χ3n) is 3.44. The second-order valence-corrected chi connectivity index (χ2v) is 4.91. The van der Waals surface area contributed by atoms with Gasteiger partial charge >= 0.3 is 0 Å². The molecule has 102 valence electrons. The van der Waals surface area contributed by atoms with Crippen molar-refractivity contribution in [3.05, 3.63) is 34.9 Å². The van der Waals surface area contributed by atoms with Crippen LogP contribution in [0.4, 0.5) is 5.69 Å². The minimum atomic E-state index is -0.267. The summed E-state index contributed by atoms with van der Waals surface area (Å²) in [5.74, 6) is 0.167. The Morgan fingerprint density at radius 2 is 2.25 bits per heavy atom. The van der Waals surface area contributed by atoms with E-state index in [9.17, 15) is 14.4 Å². The number of ketones is 1. The van der Waals surface area contributed by atoms with Crippen molar-refractivity contribution in [1.29, 1.82) is 0 Å². The predicted octanol–water partition coefficient (Wildman–Crippen LogP) is 0.865. The number of rotatable bonds is 5. The lowest BCUT2D eigenvalue weighted by atomic mass is 10.2. The summed E-state index contributed by atoms with van der Waals surface area (Å²) >= 11 is 0. The maximum Gasteiger partial charge on any atom is 0.258 e. The van der Waals surface area contributed by atoms with Crippen molar-refractivity contribution in [2.75, 3.05) is 11.4 Å². The van der Waals surface area contributed by atoms with Gasteiger partial charge in [-0.1, -0.05) is 0 Å². The molecule has 6 heteroatoms. The van der Waals surface area contributed by atoms with Crippen LogP contribution in [-0.4, -0.2) is 28.7 Å². The van der Waals surface area contributed by atoms with Gasteiger partial charge in [-0.3, -0.25) is 14.4 Å². The summed E-state index contributed by atoms with van der Waals surface area (Å²) in [4.78, 5) is 42.5. The number of anilines is 1. The van der Waals surface area contributed by atoms with Crippen LogP contribution in [0, 0.1) is 5.92 Å². The Morgan fingerprint density at radius 1 is 1.45 bits per heavy atom. The van der Waals surface area contributed by atoms with Crippen LogP contribution in [0.3, 0.4) is 0 Å². The van der Waals surface area contributed by atoms with Crippen molar-refractivity contribution in [3.63, 3.8) is 0 Å². The molecule has 1 aliphatic carbocycles. The maximum atomic E-state index is 11.8. The fourth-order valence-electron chi connectivity index (χ4n) is 2.13. The molecule has 1 fully saturated rings. The molecular formula is C14H13N3O3. The van der Waals surface area contributed by atoms with E-state index in [1.165, 1.54) is 11.2 Å². The molecule has 1 heterocycles. The van der Waals surface area contributed by atoms with Crippen LogP contribution in [0.15, 0.2) is 29.3 Å². The highest BCUT2D eigenvalue weighted by Gasteiger charge is 2.30. The second kappa shape index (κ2) is 4.88.